The van der Waals surface area contributed by atoms with Crippen LogP contribution in [0.25, 0.3) is 21.8 Å². The van der Waals surface area contributed by atoms with Gasteiger partial charge in [0.25, 0.3) is 0 Å². The summed E-state index contributed by atoms with van der Waals surface area (Å²) in [4.78, 5) is 19.0. The van der Waals surface area contributed by atoms with Gasteiger partial charge in [-0.3, -0.25) is 4.79 Å². The summed E-state index contributed by atoms with van der Waals surface area (Å²) in [6.07, 6.45) is 5.53. The summed E-state index contributed by atoms with van der Waals surface area (Å²) in [6, 6.07) is 12.4. The van der Waals surface area contributed by atoms with Crippen LogP contribution >= 0.6 is 31.9 Å². The van der Waals surface area contributed by atoms with Crippen molar-refractivity contribution in [1.29, 1.82) is 0 Å². The lowest BCUT2D eigenvalue weighted by atomic mass is 9.89. The molecule has 0 aliphatic rings. The molecule has 0 radical (unpaired) electrons. The predicted octanol–water partition coefficient (Wildman–Crippen LogP) is 6.16. The molecule has 0 aliphatic heterocycles. The highest BCUT2D eigenvalue weighted by molar-refractivity contribution is 9.10. The maximum absolute atomic E-state index is 12.3. The van der Waals surface area contributed by atoms with Crippen molar-refractivity contribution in [2.75, 3.05) is 0 Å². The molecule has 5 heteroatoms. The van der Waals surface area contributed by atoms with Gasteiger partial charge < -0.3 is 9.97 Å². The normalized spacial score (nSPS) is 11.7. The summed E-state index contributed by atoms with van der Waals surface area (Å²) in [7, 11) is 0. The third-order valence-electron chi connectivity index (χ3n) is 4.97. The Hall–Kier alpha value is -1.85. The van der Waals surface area contributed by atoms with E-state index in [9.17, 15) is 4.79 Å². The van der Waals surface area contributed by atoms with Gasteiger partial charge in [-0.1, -0.05) is 44.0 Å². The van der Waals surface area contributed by atoms with E-state index in [2.05, 4.69) is 66.1 Å². The average molecular weight is 474 g/mol. The van der Waals surface area contributed by atoms with Gasteiger partial charge in [0.15, 0.2) is 0 Å². The summed E-state index contributed by atoms with van der Waals surface area (Å²) in [5.74, 6) is 0.184. The van der Waals surface area contributed by atoms with Crippen LogP contribution in [0.5, 0.6) is 0 Å². The Morgan fingerprint density at radius 3 is 1.77 bits per heavy atom. The number of carbonyl (C=O) groups is 1. The maximum atomic E-state index is 12.3. The minimum Gasteiger partial charge on any atom is -0.361 e. The molecule has 4 aromatic rings. The number of benzene rings is 2. The molecule has 132 valence electrons. The number of aromatic amines is 2. The van der Waals surface area contributed by atoms with Crippen molar-refractivity contribution in [2.24, 2.45) is 5.92 Å². The second-order valence-corrected chi connectivity index (χ2v) is 8.55. The first-order valence-corrected chi connectivity index (χ1v) is 10.1. The van der Waals surface area contributed by atoms with Crippen molar-refractivity contribution < 1.29 is 4.79 Å². The van der Waals surface area contributed by atoms with Crippen molar-refractivity contribution in [3.05, 3.63) is 68.9 Å². The van der Waals surface area contributed by atoms with E-state index in [4.69, 9.17) is 0 Å². The van der Waals surface area contributed by atoms with Crippen molar-refractivity contribution in [1.82, 2.24) is 9.97 Å². The molecular weight excluding hydrogens is 456 g/mol. The first-order chi connectivity index (χ1) is 12.5. The molecule has 0 bridgehead atoms. The van der Waals surface area contributed by atoms with Crippen molar-refractivity contribution in [3.8, 4) is 0 Å². The summed E-state index contributed by atoms with van der Waals surface area (Å²) >= 11 is 7.01. The number of aromatic nitrogens is 2. The topological polar surface area (TPSA) is 48.6 Å². The highest BCUT2D eigenvalue weighted by Crippen LogP contribution is 2.28. The molecule has 0 saturated heterocycles. The number of hydrogen-bond acceptors (Lipinski definition) is 1. The lowest BCUT2D eigenvalue weighted by Crippen LogP contribution is -2.16. The molecule has 4 rings (SSSR count). The number of H-pyrrole nitrogens is 2. The second kappa shape index (κ2) is 7.05. The molecule has 0 amide bonds. The molecule has 2 aromatic carbocycles. The van der Waals surface area contributed by atoms with Crippen molar-refractivity contribution in [3.63, 3.8) is 0 Å². The third kappa shape index (κ3) is 3.38. The van der Waals surface area contributed by atoms with Gasteiger partial charge in [-0.2, -0.15) is 0 Å². The highest BCUT2D eigenvalue weighted by atomic mass is 79.9. The Balaban J connectivity index is 1.64. The van der Waals surface area contributed by atoms with E-state index in [-0.39, 0.29) is 11.7 Å². The van der Waals surface area contributed by atoms with Gasteiger partial charge in [0.05, 0.1) is 0 Å². The minimum absolute atomic E-state index is 0.0414. The Kier molecular flexibility index (Phi) is 4.76. The molecule has 0 unspecified atom stereocenters. The summed E-state index contributed by atoms with van der Waals surface area (Å²) in [6.45, 7) is 1.70. The standard InChI is InChI=1S/C21H18Br2N2O/c1-12(26)13(6-14-10-24-20-8-16(22)2-4-18(14)20)7-15-11-25-21-9-17(23)3-5-19(15)21/h2-5,8-11,13,24-25H,6-7H2,1H3. The van der Waals surface area contributed by atoms with Crippen molar-refractivity contribution in [2.45, 2.75) is 19.8 Å². The average Bonchev–Trinajstić information content (AvgIpc) is 3.17. The van der Waals surface area contributed by atoms with E-state index >= 15 is 0 Å². The molecule has 3 nitrogen and oxygen atoms in total. The van der Waals surface area contributed by atoms with Gasteiger partial charge in [-0.25, -0.2) is 0 Å². The predicted molar refractivity (Wildman–Crippen MR) is 114 cm³/mol. The minimum atomic E-state index is -0.0414. The fraction of sp³-hybridized carbons (Fsp3) is 0.190. The smallest absolute Gasteiger partial charge is 0.133 e. The number of hydrogen-bond donors (Lipinski definition) is 2. The zero-order chi connectivity index (χ0) is 18.3. The van der Waals surface area contributed by atoms with E-state index < -0.39 is 0 Å². The lowest BCUT2D eigenvalue weighted by Gasteiger charge is -2.13. The summed E-state index contributed by atoms with van der Waals surface area (Å²) < 4.78 is 2.10. The molecule has 0 fully saturated rings. The zero-order valence-electron chi connectivity index (χ0n) is 14.3. The van der Waals surface area contributed by atoms with E-state index in [1.165, 1.54) is 21.9 Å². The number of nitrogens with one attached hydrogen (secondary N) is 2. The fourth-order valence-electron chi connectivity index (χ4n) is 3.55. The van der Waals surface area contributed by atoms with E-state index in [1.807, 2.05) is 24.5 Å². The number of carbonyl (C=O) groups excluding carboxylic acids is 1. The van der Waals surface area contributed by atoms with Crippen LogP contribution < -0.4 is 0 Å². The second-order valence-electron chi connectivity index (χ2n) is 6.72. The van der Waals surface area contributed by atoms with Gasteiger partial charge in [0.1, 0.15) is 5.78 Å². The van der Waals surface area contributed by atoms with Crippen LogP contribution in [-0.2, 0) is 17.6 Å². The van der Waals surface area contributed by atoms with Gasteiger partial charge in [-0.15, -0.1) is 0 Å². The fourth-order valence-corrected chi connectivity index (χ4v) is 4.27. The number of fused-ring (bicyclic) bond motifs is 2. The van der Waals surface area contributed by atoms with E-state index in [0.29, 0.717) is 0 Å². The Bertz CT molecular complexity index is 1030. The number of ketones is 1. The quantitative estimate of drug-likeness (QED) is 0.358. The van der Waals surface area contributed by atoms with Crippen LogP contribution in [0.1, 0.15) is 18.1 Å². The number of halogens is 2. The molecule has 2 N–H and O–H groups in total. The van der Waals surface area contributed by atoms with Crippen LogP contribution in [0, 0.1) is 5.92 Å². The van der Waals surface area contributed by atoms with Crippen molar-refractivity contribution >= 4 is 59.4 Å². The van der Waals surface area contributed by atoms with Crippen LogP contribution in [0.4, 0.5) is 0 Å². The summed E-state index contributed by atoms with van der Waals surface area (Å²) in [5.41, 5.74) is 4.56. The van der Waals surface area contributed by atoms with Crippen LogP contribution in [-0.4, -0.2) is 15.8 Å². The molecule has 0 spiro atoms. The molecule has 0 saturated carbocycles. The van der Waals surface area contributed by atoms with Crippen LogP contribution in [0.2, 0.25) is 0 Å². The highest BCUT2D eigenvalue weighted by Gasteiger charge is 2.19. The first-order valence-electron chi connectivity index (χ1n) is 8.53. The van der Waals surface area contributed by atoms with E-state index in [0.717, 1.165) is 32.8 Å². The zero-order valence-corrected chi connectivity index (χ0v) is 17.4. The number of rotatable bonds is 5. The first kappa shape index (κ1) is 17.6. The summed E-state index contributed by atoms with van der Waals surface area (Å²) in [5, 5.41) is 2.37. The van der Waals surface area contributed by atoms with Gasteiger partial charge >= 0.3 is 0 Å². The Labute approximate surface area is 168 Å². The van der Waals surface area contributed by atoms with E-state index in [1.54, 1.807) is 6.92 Å². The number of Topliss-reactive ketones (excluding diaryl/α,β-unsaturated/α-hetero) is 1. The van der Waals surface area contributed by atoms with Gasteiger partial charge in [0, 0.05) is 49.1 Å². The molecule has 0 aliphatic carbocycles. The van der Waals surface area contributed by atoms with Crippen LogP contribution in [0.3, 0.4) is 0 Å². The van der Waals surface area contributed by atoms with Gasteiger partial charge in [0.2, 0.25) is 0 Å². The monoisotopic (exact) mass is 472 g/mol. The maximum Gasteiger partial charge on any atom is 0.133 e. The molecule has 2 heterocycles. The molecule has 2 aromatic heterocycles. The van der Waals surface area contributed by atoms with Gasteiger partial charge in [-0.05, 0) is 55.2 Å². The largest absolute Gasteiger partial charge is 0.361 e. The Morgan fingerprint density at radius 1 is 0.885 bits per heavy atom. The Morgan fingerprint density at radius 2 is 1.35 bits per heavy atom. The SMILES string of the molecule is CC(=O)C(Cc1c[nH]c2cc(Br)ccc12)Cc1c[nH]c2cc(Br)ccc12. The lowest BCUT2D eigenvalue weighted by molar-refractivity contribution is -0.120. The molecule has 26 heavy (non-hydrogen) atoms. The molecule has 0 atom stereocenters. The molecular formula is C21H18Br2N2O. The third-order valence-corrected chi connectivity index (χ3v) is 5.95. The van der Waals surface area contributed by atoms with Crippen LogP contribution in [0.15, 0.2) is 57.7 Å².